The maximum atomic E-state index is 13.1. The summed E-state index contributed by atoms with van der Waals surface area (Å²) in [6.45, 7) is 1.98. The first-order chi connectivity index (χ1) is 12.7. The fraction of sp³-hybridized carbons (Fsp3) is 0.263. The molecule has 2 aromatic carbocycles. The molecule has 0 aromatic heterocycles. The Hall–Kier alpha value is -2.90. The minimum atomic E-state index is -4.48. The highest BCUT2D eigenvalue weighted by Crippen LogP contribution is 2.29. The van der Waals surface area contributed by atoms with Crippen LogP contribution in [0.1, 0.15) is 22.8 Å². The van der Waals surface area contributed by atoms with Crippen LogP contribution in [-0.2, 0) is 11.0 Å². The minimum absolute atomic E-state index is 0.0814. The fourth-order valence-corrected chi connectivity index (χ4v) is 2.99. The lowest BCUT2D eigenvalue weighted by Crippen LogP contribution is -2.57. The van der Waals surface area contributed by atoms with Crippen molar-refractivity contribution in [1.29, 1.82) is 0 Å². The van der Waals surface area contributed by atoms with E-state index in [9.17, 15) is 27.2 Å². The van der Waals surface area contributed by atoms with Gasteiger partial charge in [-0.15, -0.1) is 0 Å². The molecule has 0 bridgehead atoms. The van der Waals surface area contributed by atoms with Gasteiger partial charge in [0.1, 0.15) is 11.9 Å². The van der Waals surface area contributed by atoms with Crippen LogP contribution in [0.15, 0.2) is 48.5 Å². The van der Waals surface area contributed by atoms with E-state index in [0.717, 1.165) is 24.3 Å². The van der Waals surface area contributed by atoms with E-state index in [1.807, 2.05) is 0 Å². The Bertz CT molecular complexity index is 848. The van der Waals surface area contributed by atoms with Crippen molar-refractivity contribution in [1.82, 2.24) is 4.90 Å². The number of carbonyl (C=O) groups excluding carboxylic acids is 2. The lowest BCUT2D eigenvalue weighted by Gasteiger charge is -2.39. The van der Waals surface area contributed by atoms with Crippen LogP contribution in [-0.4, -0.2) is 35.8 Å². The molecule has 0 saturated carbocycles. The number of anilines is 1. The highest BCUT2D eigenvalue weighted by Gasteiger charge is 2.36. The molecule has 2 aromatic rings. The molecule has 1 aliphatic rings. The van der Waals surface area contributed by atoms with Crippen molar-refractivity contribution in [3.63, 3.8) is 0 Å². The zero-order chi connectivity index (χ0) is 19.8. The summed E-state index contributed by atoms with van der Waals surface area (Å²) in [6.07, 6.45) is -4.48. The molecular weight excluding hydrogens is 364 g/mol. The van der Waals surface area contributed by atoms with E-state index in [1.165, 1.54) is 34.1 Å². The van der Waals surface area contributed by atoms with Gasteiger partial charge in [-0.25, -0.2) is 4.39 Å². The SMILES string of the molecule is CC1C(=O)N(c2ccc(F)cc2)CCN1C(=O)c1ccc(C(F)(F)F)cc1. The number of carbonyl (C=O) groups is 2. The first-order valence-electron chi connectivity index (χ1n) is 8.23. The number of nitrogens with zero attached hydrogens (tertiary/aromatic N) is 2. The summed E-state index contributed by atoms with van der Waals surface area (Å²) in [5.74, 6) is -1.27. The van der Waals surface area contributed by atoms with Crippen LogP contribution >= 0.6 is 0 Å². The highest BCUT2D eigenvalue weighted by atomic mass is 19.4. The quantitative estimate of drug-likeness (QED) is 0.745. The summed E-state index contributed by atoms with van der Waals surface area (Å²) in [5.41, 5.74) is -0.239. The molecule has 1 atom stereocenters. The molecule has 0 aliphatic carbocycles. The van der Waals surface area contributed by atoms with Crippen molar-refractivity contribution in [2.24, 2.45) is 0 Å². The lowest BCUT2D eigenvalue weighted by molar-refractivity contribution is -0.137. The number of piperazine rings is 1. The largest absolute Gasteiger partial charge is 0.416 e. The number of rotatable bonds is 2. The zero-order valence-corrected chi connectivity index (χ0v) is 14.3. The molecule has 1 fully saturated rings. The molecule has 1 saturated heterocycles. The summed E-state index contributed by atoms with van der Waals surface area (Å²) in [4.78, 5) is 28.0. The summed E-state index contributed by atoms with van der Waals surface area (Å²) in [6, 6.07) is 8.55. The van der Waals surface area contributed by atoms with Crippen LogP contribution < -0.4 is 4.90 Å². The second-order valence-corrected chi connectivity index (χ2v) is 6.22. The standard InChI is InChI=1S/C19H16F4N2O2/c1-12-17(26)25(16-8-6-15(20)7-9-16)11-10-24(12)18(27)13-2-4-14(5-3-13)19(21,22)23/h2-9,12H,10-11H2,1H3. The third-order valence-corrected chi connectivity index (χ3v) is 4.51. The second-order valence-electron chi connectivity index (χ2n) is 6.22. The highest BCUT2D eigenvalue weighted by molar-refractivity contribution is 6.03. The zero-order valence-electron chi connectivity index (χ0n) is 14.3. The Morgan fingerprint density at radius 3 is 2.15 bits per heavy atom. The molecule has 3 rings (SSSR count). The normalized spacial score (nSPS) is 18.0. The van der Waals surface area contributed by atoms with E-state index in [2.05, 4.69) is 0 Å². The Labute approximate surface area is 153 Å². The van der Waals surface area contributed by atoms with Crippen LogP contribution in [0.4, 0.5) is 23.2 Å². The number of alkyl halides is 3. The molecule has 27 heavy (non-hydrogen) atoms. The van der Waals surface area contributed by atoms with Gasteiger partial charge in [-0.3, -0.25) is 9.59 Å². The molecule has 0 radical (unpaired) electrons. The van der Waals surface area contributed by atoms with Crippen molar-refractivity contribution in [3.8, 4) is 0 Å². The number of benzene rings is 2. The smallest absolute Gasteiger partial charge is 0.325 e. The third kappa shape index (κ3) is 3.79. The van der Waals surface area contributed by atoms with Crippen molar-refractivity contribution in [2.75, 3.05) is 18.0 Å². The Kier molecular flexibility index (Phi) is 4.91. The van der Waals surface area contributed by atoms with E-state index in [4.69, 9.17) is 0 Å². The topological polar surface area (TPSA) is 40.6 Å². The average Bonchev–Trinajstić information content (AvgIpc) is 2.64. The molecular formula is C19H16F4N2O2. The number of hydrogen-bond acceptors (Lipinski definition) is 2. The van der Waals surface area contributed by atoms with Gasteiger partial charge in [0.2, 0.25) is 5.91 Å². The Morgan fingerprint density at radius 2 is 1.59 bits per heavy atom. The predicted octanol–water partition coefficient (Wildman–Crippen LogP) is 3.72. The average molecular weight is 380 g/mol. The first kappa shape index (κ1) is 18.9. The van der Waals surface area contributed by atoms with Crippen molar-refractivity contribution in [3.05, 3.63) is 65.5 Å². The lowest BCUT2D eigenvalue weighted by atomic mass is 10.1. The minimum Gasteiger partial charge on any atom is -0.325 e. The van der Waals surface area contributed by atoms with E-state index < -0.39 is 29.5 Å². The van der Waals surface area contributed by atoms with E-state index in [0.29, 0.717) is 5.69 Å². The summed E-state index contributed by atoms with van der Waals surface area (Å²) in [7, 11) is 0. The van der Waals surface area contributed by atoms with E-state index >= 15 is 0 Å². The van der Waals surface area contributed by atoms with Gasteiger partial charge in [-0.05, 0) is 55.5 Å². The van der Waals surface area contributed by atoms with Gasteiger partial charge in [0.05, 0.1) is 5.56 Å². The number of hydrogen-bond donors (Lipinski definition) is 0. The summed E-state index contributed by atoms with van der Waals surface area (Å²) >= 11 is 0. The van der Waals surface area contributed by atoms with Crippen molar-refractivity contribution < 1.29 is 27.2 Å². The molecule has 0 N–H and O–H groups in total. The van der Waals surface area contributed by atoms with E-state index in [-0.39, 0.29) is 24.6 Å². The van der Waals surface area contributed by atoms with Gasteiger partial charge in [-0.1, -0.05) is 0 Å². The molecule has 1 heterocycles. The second kappa shape index (κ2) is 7.02. The maximum absolute atomic E-state index is 13.1. The Morgan fingerprint density at radius 1 is 1.00 bits per heavy atom. The Balaban J connectivity index is 1.76. The third-order valence-electron chi connectivity index (χ3n) is 4.51. The van der Waals surface area contributed by atoms with Crippen LogP contribution in [0.3, 0.4) is 0 Å². The molecule has 2 amide bonds. The van der Waals surface area contributed by atoms with Gasteiger partial charge in [0, 0.05) is 24.3 Å². The van der Waals surface area contributed by atoms with Gasteiger partial charge in [-0.2, -0.15) is 13.2 Å². The van der Waals surface area contributed by atoms with Crippen molar-refractivity contribution >= 4 is 17.5 Å². The molecule has 8 heteroatoms. The summed E-state index contributed by atoms with van der Waals surface area (Å²) in [5, 5.41) is 0. The van der Waals surface area contributed by atoms with Crippen LogP contribution in [0.5, 0.6) is 0 Å². The number of halogens is 4. The van der Waals surface area contributed by atoms with Crippen LogP contribution in [0, 0.1) is 5.82 Å². The van der Waals surface area contributed by atoms with E-state index in [1.54, 1.807) is 6.92 Å². The predicted molar refractivity (Wildman–Crippen MR) is 90.7 cm³/mol. The van der Waals surface area contributed by atoms with Crippen LogP contribution in [0.25, 0.3) is 0 Å². The summed E-state index contributed by atoms with van der Waals surface area (Å²) < 4.78 is 51.0. The van der Waals surface area contributed by atoms with Crippen molar-refractivity contribution in [2.45, 2.75) is 19.1 Å². The molecule has 0 spiro atoms. The molecule has 4 nitrogen and oxygen atoms in total. The van der Waals surface area contributed by atoms with Gasteiger partial charge in [0.25, 0.3) is 5.91 Å². The monoisotopic (exact) mass is 380 g/mol. The van der Waals surface area contributed by atoms with Gasteiger partial charge in [0.15, 0.2) is 0 Å². The molecule has 1 unspecified atom stereocenters. The van der Waals surface area contributed by atoms with Gasteiger partial charge >= 0.3 is 6.18 Å². The number of amides is 2. The van der Waals surface area contributed by atoms with Gasteiger partial charge < -0.3 is 9.80 Å². The fourth-order valence-electron chi connectivity index (χ4n) is 2.99. The first-order valence-corrected chi connectivity index (χ1v) is 8.23. The maximum Gasteiger partial charge on any atom is 0.416 e. The molecule has 142 valence electrons. The molecule has 1 aliphatic heterocycles. The van der Waals surface area contributed by atoms with Crippen LogP contribution in [0.2, 0.25) is 0 Å².